The van der Waals surface area contributed by atoms with E-state index in [0.717, 1.165) is 38.9 Å². The third kappa shape index (κ3) is 4.50. The van der Waals surface area contributed by atoms with E-state index in [2.05, 4.69) is 31.0 Å². The van der Waals surface area contributed by atoms with Gasteiger partial charge in [0.2, 0.25) is 0 Å². The number of hydrogen-bond acceptors (Lipinski definition) is 4. The molecule has 108 valence electrons. The first-order valence-corrected chi connectivity index (χ1v) is 7.23. The van der Waals surface area contributed by atoms with E-state index < -0.39 is 0 Å². The van der Waals surface area contributed by atoms with E-state index in [1.165, 1.54) is 0 Å². The Labute approximate surface area is 112 Å². The average Bonchev–Trinajstić information content (AvgIpc) is 2.34. The molecule has 4 heteroatoms. The molecular formula is C14H30N2O2. The Bertz CT molecular complexity index is 214. The minimum Gasteiger partial charge on any atom is -0.394 e. The van der Waals surface area contributed by atoms with Gasteiger partial charge in [-0.2, -0.15) is 0 Å². The van der Waals surface area contributed by atoms with E-state index in [4.69, 9.17) is 4.74 Å². The SMILES string of the molecule is CCC(CO)(CCCN1CC(C)OC(C)C1)NC. The zero-order valence-corrected chi connectivity index (χ0v) is 12.4. The molecule has 0 bridgehead atoms. The summed E-state index contributed by atoms with van der Waals surface area (Å²) in [5.74, 6) is 0. The Hall–Kier alpha value is -0.160. The van der Waals surface area contributed by atoms with Crippen LogP contribution in [0, 0.1) is 0 Å². The van der Waals surface area contributed by atoms with E-state index in [9.17, 15) is 5.11 Å². The maximum Gasteiger partial charge on any atom is 0.0678 e. The van der Waals surface area contributed by atoms with E-state index in [1.807, 2.05) is 7.05 Å². The maximum absolute atomic E-state index is 9.50. The Morgan fingerprint density at radius 1 is 1.33 bits per heavy atom. The van der Waals surface area contributed by atoms with Crippen molar-refractivity contribution in [2.24, 2.45) is 0 Å². The third-order valence-corrected chi connectivity index (χ3v) is 4.13. The predicted octanol–water partition coefficient (Wildman–Crippen LogP) is 1.24. The summed E-state index contributed by atoms with van der Waals surface area (Å²) in [4.78, 5) is 2.48. The second-order valence-electron chi connectivity index (χ2n) is 5.66. The highest BCUT2D eigenvalue weighted by atomic mass is 16.5. The van der Waals surface area contributed by atoms with Crippen LogP contribution in [0.2, 0.25) is 0 Å². The molecule has 1 fully saturated rings. The number of aliphatic hydroxyl groups is 1. The normalized spacial score (nSPS) is 29.2. The van der Waals surface area contributed by atoms with Crippen molar-refractivity contribution in [3.8, 4) is 0 Å². The van der Waals surface area contributed by atoms with Crippen LogP contribution in [0.25, 0.3) is 0 Å². The van der Waals surface area contributed by atoms with Crippen LogP contribution in [0.4, 0.5) is 0 Å². The van der Waals surface area contributed by atoms with Gasteiger partial charge < -0.3 is 15.2 Å². The van der Waals surface area contributed by atoms with Crippen LogP contribution < -0.4 is 5.32 Å². The zero-order valence-electron chi connectivity index (χ0n) is 12.4. The molecule has 1 rings (SSSR count). The third-order valence-electron chi connectivity index (χ3n) is 4.13. The van der Waals surface area contributed by atoms with Crippen molar-refractivity contribution in [3.05, 3.63) is 0 Å². The highest BCUT2D eigenvalue weighted by molar-refractivity contribution is 4.85. The highest BCUT2D eigenvalue weighted by Crippen LogP contribution is 2.18. The number of rotatable bonds is 7. The first-order chi connectivity index (χ1) is 8.55. The van der Waals surface area contributed by atoms with Gasteiger partial charge in [-0.1, -0.05) is 6.92 Å². The van der Waals surface area contributed by atoms with Crippen LogP contribution in [0.1, 0.15) is 40.0 Å². The van der Waals surface area contributed by atoms with Gasteiger partial charge >= 0.3 is 0 Å². The summed E-state index contributed by atoms with van der Waals surface area (Å²) in [6.07, 6.45) is 3.79. The summed E-state index contributed by atoms with van der Waals surface area (Å²) in [6, 6.07) is 0. The molecule has 0 radical (unpaired) electrons. The first kappa shape index (κ1) is 15.9. The molecule has 0 aromatic heterocycles. The Balaban J connectivity index is 2.32. The Morgan fingerprint density at radius 3 is 2.39 bits per heavy atom. The van der Waals surface area contributed by atoms with Crippen molar-refractivity contribution in [3.63, 3.8) is 0 Å². The summed E-state index contributed by atoms with van der Waals surface area (Å²) in [7, 11) is 1.94. The number of aliphatic hydroxyl groups excluding tert-OH is 1. The molecule has 0 spiro atoms. The molecule has 3 atom stereocenters. The smallest absolute Gasteiger partial charge is 0.0678 e. The van der Waals surface area contributed by atoms with Gasteiger partial charge in [-0.3, -0.25) is 4.90 Å². The molecule has 0 saturated carbocycles. The molecule has 18 heavy (non-hydrogen) atoms. The molecule has 2 N–H and O–H groups in total. The van der Waals surface area contributed by atoms with E-state index in [0.29, 0.717) is 12.2 Å². The topological polar surface area (TPSA) is 44.7 Å². The van der Waals surface area contributed by atoms with Crippen molar-refractivity contribution in [2.45, 2.75) is 57.8 Å². The molecule has 1 heterocycles. The Kier molecular flexibility index (Phi) is 6.57. The molecule has 0 aliphatic carbocycles. The molecular weight excluding hydrogens is 228 g/mol. The van der Waals surface area contributed by atoms with E-state index in [1.54, 1.807) is 0 Å². The van der Waals surface area contributed by atoms with Gasteiger partial charge in [0, 0.05) is 18.6 Å². The number of ether oxygens (including phenoxy) is 1. The van der Waals surface area contributed by atoms with Crippen LogP contribution in [0.15, 0.2) is 0 Å². The summed E-state index contributed by atoms with van der Waals surface area (Å²) >= 11 is 0. The lowest BCUT2D eigenvalue weighted by Crippen LogP contribution is -2.48. The lowest BCUT2D eigenvalue weighted by atomic mass is 9.91. The number of nitrogens with zero attached hydrogens (tertiary/aromatic N) is 1. The molecule has 0 amide bonds. The standard InChI is InChI=1S/C14H30N2O2/c1-5-14(11-17,15-4)7-6-8-16-9-12(2)18-13(3)10-16/h12-13,15,17H,5-11H2,1-4H3. The number of likely N-dealkylation sites (N-methyl/N-ethyl adjacent to an activating group) is 1. The van der Waals surface area contributed by atoms with Crippen LogP contribution >= 0.6 is 0 Å². The van der Waals surface area contributed by atoms with Crippen molar-refractivity contribution >= 4 is 0 Å². The fourth-order valence-corrected chi connectivity index (χ4v) is 2.86. The van der Waals surface area contributed by atoms with Gasteiger partial charge in [0.05, 0.1) is 18.8 Å². The lowest BCUT2D eigenvalue weighted by Gasteiger charge is -2.36. The zero-order chi connectivity index (χ0) is 13.6. The van der Waals surface area contributed by atoms with Gasteiger partial charge in [0.15, 0.2) is 0 Å². The van der Waals surface area contributed by atoms with Crippen LogP contribution in [-0.2, 0) is 4.74 Å². The molecule has 3 unspecified atom stereocenters. The first-order valence-electron chi connectivity index (χ1n) is 7.23. The second kappa shape index (κ2) is 7.43. The van der Waals surface area contributed by atoms with Gasteiger partial charge in [-0.15, -0.1) is 0 Å². The molecule has 1 aliphatic rings. The van der Waals surface area contributed by atoms with Crippen LogP contribution in [-0.4, -0.2) is 61.0 Å². The minimum atomic E-state index is -0.0937. The van der Waals surface area contributed by atoms with Crippen molar-refractivity contribution in [1.82, 2.24) is 10.2 Å². The summed E-state index contributed by atoms with van der Waals surface area (Å²) in [5, 5.41) is 12.8. The van der Waals surface area contributed by atoms with Crippen molar-refractivity contribution < 1.29 is 9.84 Å². The summed E-state index contributed by atoms with van der Waals surface area (Å²) in [6.45, 7) is 9.79. The predicted molar refractivity (Wildman–Crippen MR) is 74.9 cm³/mol. The molecule has 0 aromatic rings. The molecule has 0 aromatic carbocycles. The fraction of sp³-hybridized carbons (Fsp3) is 1.00. The van der Waals surface area contributed by atoms with Gasteiger partial charge in [0.25, 0.3) is 0 Å². The second-order valence-corrected chi connectivity index (χ2v) is 5.66. The van der Waals surface area contributed by atoms with Crippen molar-refractivity contribution in [1.29, 1.82) is 0 Å². The largest absolute Gasteiger partial charge is 0.394 e. The number of morpholine rings is 1. The number of nitrogens with one attached hydrogen (secondary N) is 1. The van der Waals surface area contributed by atoms with E-state index in [-0.39, 0.29) is 12.1 Å². The Morgan fingerprint density at radius 2 is 1.94 bits per heavy atom. The van der Waals surface area contributed by atoms with Gasteiger partial charge in [0.1, 0.15) is 0 Å². The summed E-state index contributed by atoms with van der Waals surface area (Å²) < 4.78 is 5.73. The highest BCUT2D eigenvalue weighted by Gasteiger charge is 2.26. The van der Waals surface area contributed by atoms with Crippen molar-refractivity contribution in [2.75, 3.05) is 33.3 Å². The van der Waals surface area contributed by atoms with Gasteiger partial charge in [-0.25, -0.2) is 0 Å². The monoisotopic (exact) mass is 258 g/mol. The molecule has 4 nitrogen and oxygen atoms in total. The van der Waals surface area contributed by atoms with Crippen LogP contribution in [0.5, 0.6) is 0 Å². The molecule has 1 saturated heterocycles. The van der Waals surface area contributed by atoms with E-state index >= 15 is 0 Å². The fourth-order valence-electron chi connectivity index (χ4n) is 2.86. The van der Waals surface area contributed by atoms with Gasteiger partial charge in [-0.05, 0) is 46.7 Å². The summed E-state index contributed by atoms with van der Waals surface area (Å²) in [5.41, 5.74) is -0.0937. The minimum absolute atomic E-state index is 0.0937. The number of hydrogen-bond donors (Lipinski definition) is 2. The lowest BCUT2D eigenvalue weighted by molar-refractivity contribution is -0.0686. The van der Waals surface area contributed by atoms with Crippen LogP contribution in [0.3, 0.4) is 0 Å². The maximum atomic E-state index is 9.50. The molecule has 1 aliphatic heterocycles. The quantitative estimate of drug-likeness (QED) is 0.721. The average molecular weight is 258 g/mol.